The molecule has 0 spiro atoms. The first-order chi connectivity index (χ1) is 9.60. The Hall–Kier alpha value is -2.06. The molecule has 2 aromatic rings. The number of anilines is 1. The van der Waals surface area contributed by atoms with E-state index < -0.39 is 0 Å². The summed E-state index contributed by atoms with van der Waals surface area (Å²) in [6.07, 6.45) is 0. The van der Waals surface area contributed by atoms with Gasteiger partial charge < -0.3 is 10.1 Å². The Labute approximate surface area is 123 Å². The fourth-order valence-corrected chi connectivity index (χ4v) is 2.96. The fraction of sp³-hybridized carbons (Fsp3) is 0.333. The van der Waals surface area contributed by atoms with E-state index >= 15 is 0 Å². The van der Waals surface area contributed by atoms with E-state index in [-0.39, 0.29) is 12.6 Å². The molecule has 1 unspecified atom stereocenters. The summed E-state index contributed by atoms with van der Waals surface area (Å²) in [5, 5.41) is 13.0. The number of nitrogens with one attached hydrogen (secondary N) is 1. The lowest BCUT2D eigenvalue weighted by Gasteiger charge is -2.14. The number of thiazole rings is 1. The van der Waals surface area contributed by atoms with Crippen LogP contribution in [0.1, 0.15) is 28.5 Å². The number of rotatable bonds is 5. The Bertz CT molecular complexity index is 613. The van der Waals surface area contributed by atoms with Crippen LogP contribution in [0.3, 0.4) is 0 Å². The molecule has 0 bridgehead atoms. The molecule has 1 heterocycles. The predicted octanol–water partition coefficient (Wildman–Crippen LogP) is 3.84. The number of nitrogens with zero attached hydrogens (tertiary/aromatic N) is 2. The van der Waals surface area contributed by atoms with Crippen molar-refractivity contribution in [2.24, 2.45) is 0 Å². The van der Waals surface area contributed by atoms with Crippen molar-refractivity contribution in [3.8, 4) is 11.8 Å². The van der Waals surface area contributed by atoms with Crippen LogP contribution in [-0.4, -0.2) is 11.6 Å². The summed E-state index contributed by atoms with van der Waals surface area (Å²) in [5.41, 5.74) is 2.11. The number of benzene rings is 1. The van der Waals surface area contributed by atoms with Crippen molar-refractivity contribution in [1.29, 1.82) is 5.26 Å². The number of hydrogen-bond acceptors (Lipinski definition) is 5. The van der Waals surface area contributed by atoms with Gasteiger partial charge in [-0.1, -0.05) is 0 Å². The van der Waals surface area contributed by atoms with Crippen LogP contribution >= 0.6 is 11.3 Å². The van der Waals surface area contributed by atoms with E-state index in [4.69, 9.17) is 10.00 Å². The summed E-state index contributed by atoms with van der Waals surface area (Å²) in [4.78, 5) is 5.71. The summed E-state index contributed by atoms with van der Waals surface area (Å²) in [6, 6.07) is 9.78. The molecule has 0 aliphatic carbocycles. The summed E-state index contributed by atoms with van der Waals surface area (Å²) < 4.78 is 5.23. The van der Waals surface area contributed by atoms with Gasteiger partial charge in [0, 0.05) is 10.6 Å². The third-order valence-electron chi connectivity index (χ3n) is 2.87. The van der Waals surface area contributed by atoms with Gasteiger partial charge in [0.2, 0.25) is 0 Å². The first-order valence-corrected chi connectivity index (χ1v) is 7.22. The quantitative estimate of drug-likeness (QED) is 0.907. The molecule has 2 rings (SSSR count). The van der Waals surface area contributed by atoms with E-state index in [9.17, 15) is 0 Å². The van der Waals surface area contributed by atoms with Gasteiger partial charge >= 0.3 is 0 Å². The first kappa shape index (κ1) is 14.4. The lowest BCUT2D eigenvalue weighted by Crippen LogP contribution is -2.06. The van der Waals surface area contributed by atoms with Crippen molar-refractivity contribution in [2.75, 3.05) is 11.9 Å². The molecule has 0 aliphatic heterocycles. The molecule has 0 aliphatic rings. The van der Waals surface area contributed by atoms with Gasteiger partial charge in [0.15, 0.2) is 6.61 Å². The van der Waals surface area contributed by atoms with Gasteiger partial charge in [-0.2, -0.15) is 5.26 Å². The topological polar surface area (TPSA) is 57.9 Å². The number of aromatic nitrogens is 1. The summed E-state index contributed by atoms with van der Waals surface area (Å²) in [7, 11) is 0. The van der Waals surface area contributed by atoms with Gasteiger partial charge in [-0.15, -0.1) is 11.3 Å². The molecular weight excluding hydrogens is 270 g/mol. The smallest absolute Gasteiger partial charge is 0.174 e. The Morgan fingerprint density at radius 3 is 2.60 bits per heavy atom. The number of aryl methyl sites for hydroxylation is 2. The molecule has 1 N–H and O–H groups in total. The average molecular weight is 287 g/mol. The monoisotopic (exact) mass is 287 g/mol. The minimum Gasteiger partial charge on any atom is -0.479 e. The van der Waals surface area contributed by atoms with Gasteiger partial charge in [0.1, 0.15) is 11.8 Å². The molecule has 0 radical (unpaired) electrons. The lowest BCUT2D eigenvalue weighted by molar-refractivity contribution is 0.368. The normalized spacial score (nSPS) is 11.7. The third kappa shape index (κ3) is 3.49. The van der Waals surface area contributed by atoms with Crippen LogP contribution in [0.25, 0.3) is 0 Å². The zero-order chi connectivity index (χ0) is 14.5. The summed E-state index contributed by atoms with van der Waals surface area (Å²) in [5.74, 6) is 0.703. The largest absolute Gasteiger partial charge is 0.479 e. The van der Waals surface area contributed by atoms with Crippen molar-refractivity contribution in [2.45, 2.75) is 26.8 Å². The molecule has 4 nitrogen and oxygen atoms in total. The fourth-order valence-electron chi connectivity index (χ4n) is 2.03. The van der Waals surface area contributed by atoms with Gasteiger partial charge in [-0.05, 0) is 45.0 Å². The second-order valence-electron chi connectivity index (χ2n) is 4.52. The van der Waals surface area contributed by atoms with E-state index in [0.29, 0.717) is 5.75 Å². The van der Waals surface area contributed by atoms with Gasteiger partial charge in [-0.3, -0.25) is 0 Å². The molecule has 104 valence electrons. The van der Waals surface area contributed by atoms with E-state index in [1.54, 1.807) is 11.3 Å². The van der Waals surface area contributed by atoms with Crippen LogP contribution < -0.4 is 10.1 Å². The van der Waals surface area contributed by atoms with Gasteiger partial charge in [-0.25, -0.2) is 4.98 Å². The second-order valence-corrected chi connectivity index (χ2v) is 5.75. The van der Waals surface area contributed by atoms with Crippen molar-refractivity contribution in [1.82, 2.24) is 4.98 Å². The maximum absolute atomic E-state index is 8.46. The van der Waals surface area contributed by atoms with E-state index in [2.05, 4.69) is 17.2 Å². The molecule has 0 amide bonds. The highest BCUT2D eigenvalue weighted by molar-refractivity contribution is 7.11. The minimum absolute atomic E-state index is 0.0719. The zero-order valence-electron chi connectivity index (χ0n) is 11.8. The zero-order valence-corrected chi connectivity index (χ0v) is 12.6. The summed E-state index contributed by atoms with van der Waals surface area (Å²) >= 11 is 1.72. The van der Waals surface area contributed by atoms with Crippen LogP contribution in [0, 0.1) is 25.2 Å². The van der Waals surface area contributed by atoms with E-state index in [1.807, 2.05) is 44.2 Å². The highest BCUT2D eigenvalue weighted by Crippen LogP contribution is 2.28. The molecular formula is C15H17N3OS. The third-order valence-corrected chi connectivity index (χ3v) is 4.13. The highest BCUT2D eigenvalue weighted by Gasteiger charge is 2.12. The molecule has 1 atom stereocenters. The molecule has 0 fully saturated rings. The summed E-state index contributed by atoms with van der Waals surface area (Å²) in [6.45, 7) is 6.26. The Morgan fingerprint density at radius 2 is 2.05 bits per heavy atom. The van der Waals surface area contributed by atoms with Crippen LogP contribution in [0.4, 0.5) is 5.69 Å². The number of nitriles is 1. The van der Waals surface area contributed by atoms with Crippen molar-refractivity contribution < 1.29 is 4.74 Å². The van der Waals surface area contributed by atoms with E-state index in [1.165, 1.54) is 4.88 Å². The first-order valence-electron chi connectivity index (χ1n) is 6.40. The Balaban J connectivity index is 2.03. The number of ether oxygens (including phenoxy) is 1. The maximum Gasteiger partial charge on any atom is 0.174 e. The lowest BCUT2D eigenvalue weighted by atomic mass is 10.2. The van der Waals surface area contributed by atoms with Crippen LogP contribution in [0.15, 0.2) is 24.3 Å². The molecule has 0 saturated heterocycles. The standard InChI is InChI=1S/C15H17N3OS/c1-10-15(20-12(3)17-10)11(2)18-13-4-6-14(7-5-13)19-9-8-16/h4-7,11,18H,9H2,1-3H3. The molecule has 0 saturated carbocycles. The van der Waals surface area contributed by atoms with E-state index in [0.717, 1.165) is 16.4 Å². The molecule has 20 heavy (non-hydrogen) atoms. The van der Waals surface area contributed by atoms with Crippen molar-refractivity contribution in [3.63, 3.8) is 0 Å². The predicted molar refractivity (Wildman–Crippen MR) is 81.2 cm³/mol. The minimum atomic E-state index is 0.0719. The molecule has 1 aromatic carbocycles. The van der Waals surface area contributed by atoms with Crippen LogP contribution in [-0.2, 0) is 0 Å². The maximum atomic E-state index is 8.46. The Morgan fingerprint density at radius 1 is 1.35 bits per heavy atom. The van der Waals surface area contributed by atoms with Gasteiger partial charge in [0.25, 0.3) is 0 Å². The number of hydrogen-bond donors (Lipinski definition) is 1. The second kappa shape index (κ2) is 6.40. The van der Waals surface area contributed by atoms with Crippen LogP contribution in [0.5, 0.6) is 5.75 Å². The van der Waals surface area contributed by atoms with Crippen molar-refractivity contribution in [3.05, 3.63) is 39.8 Å². The SMILES string of the molecule is Cc1nc(C)c(C(C)Nc2ccc(OCC#N)cc2)s1. The Kier molecular flexibility index (Phi) is 4.59. The van der Waals surface area contributed by atoms with Gasteiger partial charge in [0.05, 0.1) is 16.7 Å². The van der Waals surface area contributed by atoms with Crippen molar-refractivity contribution >= 4 is 17.0 Å². The average Bonchev–Trinajstić information content (AvgIpc) is 2.77. The highest BCUT2D eigenvalue weighted by atomic mass is 32.1. The molecule has 1 aromatic heterocycles. The molecule has 5 heteroatoms. The van der Waals surface area contributed by atoms with Crippen LogP contribution in [0.2, 0.25) is 0 Å².